The van der Waals surface area contributed by atoms with E-state index in [0.29, 0.717) is 17.9 Å². The van der Waals surface area contributed by atoms with Gasteiger partial charge in [-0.15, -0.1) is 0 Å². The molecule has 3 rings (SSSR count). The zero-order valence-corrected chi connectivity index (χ0v) is 13.0. The van der Waals surface area contributed by atoms with E-state index in [4.69, 9.17) is 0 Å². The Morgan fingerprint density at radius 3 is 2.52 bits per heavy atom. The van der Waals surface area contributed by atoms with Crippen LogP contribution in [0.3, 0.4) is 0 Å². The molecule has 1 aromatic rings. The van der Waals surface area contributed by atoms with Gasteiger partial charge < -0.3 is 10.0 Å². The maximum Gasteiger partial charge on any atom is 0.326 e. The summed E-state index contributed by atoms with van der Waals surface area (Å²) in [5, 5.41) is 9.38. The fourth-order valence-electron chi connectivity index (χ4n) is 3.99. The number of hydrogen-bond acceptors (Lipinski definition) is 3. The van der Waals surface area contributed by atoms with Crippen molar-refractivity contribution in [3.63, 3.8) is 0 Å². The number of aliphatic carboxylic acids is 1. The number of nitrogens with zero attached hydrogens (tertiary/aromatic N) is 1. The molecule has 23 heavy (non-hydrogen) atoms. The molecule has 1 amide bonds. The van der Waals surface area contributed by atoms with E-state index < -0.39 is 12.0 Å². The molecule has 0 aromatic heterocycles. The van der Waals surface area contributed by atoms with Gasteiger partial charge in [0, 0.05) is 24.4 Å². The van der Waals surface area contributed by atoms with Crippen molar-refractivity contribution < 1.29 is 19.5 Å². The van der Waals surface area contributed by atoms with Crippen LogP contribution in [0.15, 0.2) is 30.3 Å². The Kier molecular flexibility index (Phi) is 4.46. The van der Waals surface area contributed by atoms with E-state index in [-0.39, 0.29) is 30.6 Å². The third kappa shape index (κ3) is 3.14. The average molecular weight is 315 g/mol. The van der Waals surface area contributed by atoms with Crippen molar-refractivity contribution in [2.45, 2.75) is 50.6 Å². The second-order valence-electron chi connectivity index (χ2n) is 6.44. The minimum absolute atomic E-state index is 0.0513. The molecule has 0 radical (unpaired) electrons. The second-order valence-corrected chi connectivity index (χ2v) is 6.44. The highest BCUT2D eigenvalue weighted by Gasteiger charge is 2.48. The number of carboxylic acid groups (broad SMARTS) is 1. The number of carbonyl (C=O) groups excluding carboxylic acids is 2. The maximum absolute atomic E-state index is 12.5. The number of carboxylic acids is 1. The molecule has 5 heteroatoms. The number of hydrogen-bond donors (Lipinski definition) is 1. The molecule has 2 fully saturated rings. The lowest BCUT2D eigenvalue weighted by Gasteiger charge is -2.27. The Morgan fingerprint density at radius 1 is 1.09 bits per heavy atom. The summed E-state index contributed by atoms with van der Waals surface area (Å²) in [7, 11) is 0. The minimum Gasteiger partial charge on any atom is -0.480 e. The number of likely N-dealkylation sites (tertiary alicyclic amines) is 1. The first-order chi connectivity index (χ1) is 11.1. The number of ketones is 1. The molecule has 2 aliphatic rings. The van der Waals surface area contributed by atoms with Gasteiger partial charge in [-0.25, -0.2) is 4.79 Å². The Labute approximate surface area is 135 Å². The summed E-state index contributed by atoms with van der Waals surface area (Å²) >= 11 is 0. The third-order valence-electron chi connectivity index (χ3n) is 5.07. The number of rotatable bonds is 5. The van der Waals surface area contributed by atoms with Crippen molar-refractivity contribution in [2.24, 2.45) is 5.92 Å². The van der Waals surface area contributed by atoms with E-state index in [2.05, 4.69) is 0 Å². The topological polar surface area (TPSA) is 74.7 Å². The Bertz CT molecular complexity index is 613. The summed E-state index contributed by atoms with van der Waals surface area (Å²) in [6.45, 7) is 0. The number of fused-ring (bicyclic) bond motifs is 1. The standard InChI is InChI=1S/C18H21NO4/c20-16(12-5-2-1-3-6-12)9-10-17(21)19-14-8-4-7-13(14)11-15(19)18(22)23/h1-3,5-6,13-15H,4,7-11H2,(H,22,23)/t13-,14-,15-/m0/s1. The molecular weight excluding hydrogens is 294 g/mol. The molecule has 0 spiro atoms. The predicted molar refractivity (Wildman–Crippen MR) is 84.0 cm³/mol. The largest absolute Gasteiger partial charge is 0.480 e. The third-order valence-corrected chi connectivity index (χ3v) is 5.07. The summed E-state index contributed by atoms with van der Waals surface area (Å²) < 4.78 is 0. The van der Waals surface area contributed by atoms with Crippen LogP contribution in [0.25, 0.3) is 0 Å². The quantitative estimate of drug-likeness (QED) is 0.847. The molecule has 0 unspecified atom stereocenters. The van der Waals surface area contributed by atoms with Gasteiger partial charge in [-0.2, -0.15) is 0 Å². The first kappa shape index (κ1) is 15.7. The number of benzene rings is 1. The SMILES string of the molecule is O=C(CCC(=O)N1[C@H](C(=O)O)C[C@@H]2CCC[C@@H]21)c1ccccc1. The van der Waals surface area contributed by atoms with E-state index in [1.165, 1.54) is 0 Å². The summed E-state index contributed by atoms with van der Waals surface area (Å²) in [5.41, 5.74) is 0.593. The normalized spacial score (nSPS) is 26.1. The molecule has 1 heterocycles. The lowest BCUT2D eigenvalue weighted by molar-refractivity contribution is -0.149. The molecule has 1 aromatic carbocycles. The van der Waals surface area contributed by atoms with Gasteiger partial charge in [0.2, 0.25) is 5.91 Å². The highest BCUT2D eigenvalue weighted by atomic mass is 16.4. The van der Waals surface area contributed by atoms with Crippen molar-refractivity contribution in [1.29, 1.82) is 0 Å². The Morgan fingerprint density at radius 2 is 1.83 bits per heavy atom. The van der Waals surface area contributed by atoms with Crippen LogP contribution in [-0.2, 0) is 9.59 Å². The van der Waals surface area contributed by atoms with E-state index in [0.717, 1.165) is 19.3 Å². The molecule has 5 nitrogen and oxygen atoms in total. The van der Waals surface area contributed by atoms with Crippen molar-refractivity contribution >= 4 is 17.7 Å². The summed E-state index contributed by atoms with van der Waals surface area (Å²) in [5.74, 6) is -0.893. The van der Waals surface area contributed by atoms with Crippen LogP contribution in [0.2, 0.25) is 0 Å². The molecule has 1 aliphatic heterocycles. The van der Waals surface area contributed by atoms with Crippen LogP contribution in [0.5, 0.6) is 0 Å². The number of Topliss-reactive ketones (excluding diaryl/α,β-unsaturated/α-hetero) is 1. The van der Waals surface area contributed by atoms with Gasteiger partial charge >= 0.3 is 5.97 Å². The van der Waals surface area contributed by atoms with Gasteiger partial charge in [0.15, 0.2) is 5.78 Å². The fourth-order valence-corrected chi connectivity index (χ4v) is 3.99. The minimum atomic E-state index is -0.929. The van der Waals surface area contributed by atoms with Crippen molar-refractivity contribution in [1.82, 2.24) is 4.90 Å². The molecule has 1 saturated carbocycles. The van der Waals surface area contributed by atoms with Crippen LogP contribution >= 0.6 is 0 Å². The van der Waals surface area contributed by atoms with Crippen LogP contribution in [0, 0.1) is 5.92 Å². The Hall–Kier alpha value is -2.17. The molecule has 122 valence electrons. The first-order valence-corrected chi connectivity index (χ1v) is 8.20. The fraction of sp³-hybridized carbons (Fsp3) is 0.500. The van der Waals surface area contributed by atoms with Gasteiger partial charge in [-0.3, -0.25) is 9.59 Å². The van der Waals surface area contributed by atoms with Gasteiger partial charge in [0.25, 0.3) is 0 Å². The monoisotopic (exact) mass is 315 g/mol. The summed E-state index contributed by atoms with van der Waals surface area (Å²) in [4.78, 5) is 37.7. The van der Waals surface area contributed by atoms with Crippen LogP contribution in [0.4, 0.5) is 0 Å². The van der Waals surface area contributed by atoms with Gasteiger partial charge in [0.05, 0.1) is 0 Å². The molecule has 1 aliphatic carbocycles. The maximum atomic E-state index is 12.5. The van der Waals surface area contributed by atoms with Gasteiger partial charge in [0.1, 0.15) is 6.04 Å². The van der Waals surface area contributed by atoms with E-state index in [9.17, 15) is 19.5 Å². The molecule has 0 bridgehead atoms. The van der Waals surface area contributed by atoms with Gasteiger partial charge in [-0.05, 0) is 25.2 Å². The van der Waals surface area contributed by atoms with Crippen molar-refractivity contribution in [3.8, 4) is 0 Å². The van der Waals surface area contributed by atoms with E-state index in [1.54, 1.807) is 29.2 Å². The number of amides is 1. The van der Waals surface area contributed by atoms with E-state index >= 15 is 0 Å². The molecular formula is C18H21NO4. The van der Waals surface area contributed by atoms with E-state index in [1.807, 2.05) is 6.07 Å². The van der Waals surface area contributed by atoms with Crippen molar-refractivity contribution in [2.75, 3.05) is 0 Å². The van der Waals surface area contributed by atoms with Crippen LogP contribution in [0.1, 0.15) is 48.9 Å². The lowest BCUT2D eigenvalue weighted by atomic mass is 10.0. The van der Waals surface area contributed by atoms with Crippen LogP contribution in [-0.4, -0.2) is 39.7 Å². The van der Waals surface area contributed by atoms with Gasteiger partial charge in [-0.1, -0.05) is 36.8 Å². The summed E-state index contributed by atoms with van der Waals surface area (Å²) in [6.07, 6.45) is 3.70. The van der Waals surface area contributed by atoms with Crippen molar-refractivity contribution in [3.05, 3.63) is 35.9 Å². The molecule has 3 atom stereocenters. The molecule has 1 N–H and O–H groups in total. The number of carbonyl (C=O) groups is 3. The predicted octanol–water partition coefficient (Wildman–Crippen LogP) is 2.50. The summed E-state index contributed by atoms with van der Waals surface area (Å²) in [6, 6.07) is 8.22. The molecule has 1 saturated heterocycles. The first-order valence-electron chi connectivity index (χ1n) is 8.20. The smallest absolute Gasteiger partial charge is 0.326 e. The highest BCUT2D eigenvalue weighted by Crippen LogP contribution is 2.41. The zero-order valence-electron chi connectivity index (χ0n) is 13.0. The average Bonchev–Trinajstić information content (AvgIpc) is 3.13. The zero-order chi connectivity index (χ0) is 16.4. The van der Waals surface area contributed by atoms with Crippen LogP contribution < -0.4 is 0 Å². The Balaban J connectivity index is 1.64. The highest BCUT2D eigenvalue weighted by molar-refractivity contribution is 5.98. The lowest BCUT2D eigenvalue weighted by Crippen LogP contribution is -2.45. The second kappa shape index (κ2) is 6.52.